The number of carbonyl (C=O) groups is 2. The van der Waals surface area contributed by atoms with Gasteiger partial charge in [-0.15, -0.1) is 0 Å². The average molecular weight is 369 g/mol. The molecule has 0 fully saturated rings. The zero-order valence-corrected chi connectivity index (χ0v) is 15.7. The van der Waals surface area contributed by atoms with Crippen LogP contribution in [0.3, 0.4) is 0 Å². The fraction of sp³-hybridized carbons (Fsp3) is 0.316. The van der Waals surface area contributed by atoms with Gasteiger partial charge in [-0.3, -0.25) is 4.79 Å². The molecule has 0 atom stereocenters. The molecule has 0 saturated carbocycles. The van der Waals surface area contributed by atoms with Gasteiger partial charge in [0.1, 0.15) is 6.07 Å². The number of nitrogens with zero attached hydrogens (tertiary/aromatic N) is 3. The van der Waals surface area contributed by atoms with Crippen LogP contribution in [0.2, 0.25) is 0 Å². The summed E-state index contributed by atoms with van der Waals surface area (Å²) in [5.41, 5.74) is 7.30. The lowest BCUT2D eigenvalue weighted by Crippen LogP contribution is -2.27. The average Bonchev–Trinajstić information content (AvgIpc) is 3.00. The van der Waals surface area contributed by atoms with E-state index in [1.54, 1.807) is 24.3 Å². The molecule has 8 heteroatoms. The van der Waals surface area contributed by atoms with E-state index < -0.39 is 5.97 Å². The van der Waals surface area contributed by atoms with E-state index in [1.807, 2.05) is 20.2 Å². The second-order valence-corrected chi connectivity index (χ2v) is 6.24. The Kier molecular flexibility index (Phi) is 6.57. The molecule has 0 saturated heterocycles. The SMILES string of the molecule is COC(=O)c1c(N)c(C#N)cn1-c1ccc(C(=O)NCCCN(C)C)cc1. The van der Waals surface area contributed by atoms with Gasteiger partial charge in [0.2, 0.25) is 0 Å². The number of benzene rings is 1. The van der Waals surface area contributed by atoms with Crippen LogP contribution in [0.15, 0.2) is 30.5 Å². The van der Waals surface area contributed by atoms with Crippen LogP contribution in [0.1, 0.15) is 32.8 Å². The monoisotopic (exact) mass is 369 g/mol. The maximum atomic E-state index is 12.2. The number of hydrogen-bond acceptors (Lipinski definition) is 6. The smallest absolute Gasteiger partial charge is 0.357 e. The summed E-state index contributed by atoms with van der Waals surface area (Å²) in [4.78, 5) is 26.3. The van der Waals surface area contributed by atoms with E-state index in [4.69, 9.17) is 15.7 Å². The highest BCUT2D eigenvalue weighted by Gasteiger charge is 2.21. The molecule has 0 aliphatic carbocycles. The second kappa shape index (κ2) is 8.87. The molecule has 142 valence electrons. The zero-order valence-electron chi connectivity index (χ0n) is 15.7. The van der Waals surface area contributed by atoms with Gasteiger partial charge in [0.15, 0.2) is 5.69 Å². The van der Waals surface area contributed by atoms with Crippen LogP contribution in [0.4, 0.5) is 5.69 Å². The van der Waals surface area contributed by atoms with Crippen LogP contribution >= 0.6 is 0 Å². The van der Waals surface area contributed by atoms with Crippen LogP contribution < -0.4 is 11.1 Å². The Bertz CT molecular complexity index is 863. The summed E-state index contributed by atoms with van der Waals surface area (Å²) >= 11 is 0. The van der Waals surface area contributed by atoms with Gasteiger partial charge in [-0.2, -0.15) is 5.26 Å². The van der Waals surface area contributed by atoms with Crippen molar-refractivity contribution in [3.8, 4) is 11.8 Å². The van der Waals surface area contributed by atoms with E-state index in [1.165, 1.54) is 17.9 Å². The molecule has 0 aliphatic heterocycles. The summed E-state index contributed by atoms with van der Waals surface area (Å²) in [5.74, 6) is -0.810. The number of nitrogens with two attached hydrogens (primary N) is 1. The van der Waals surface area contributed by atoms with Gasteiger partial charge in [-0.1, -0.05) is 0 Å². The van der Waals surface area contributed by atoms with Gasteiger partial charge in [-0.05, 0) is 51.3 Å². The van der Waals surface area contributed by atoms with Crippen LogP contribution in [0.25, 0.3) is 5.69 Å². The number of anilines is 1. The van der Waals surface area contributed by atoms with Gasteiger partial charge in [0.25, 0.3) is 5.91 Å². The van der Waals surface area contributed by atoms with E-state index in [-0.39, 0.29) is 22.9 Å². The Morgan fingerprint density at radius 1 is 1.30 bits per heavy atom. The lowest BCUT2D eigenvalue weighted by Gasteiger charge is -2.11. The molecule has 27 heavy (non-hydrogen) atoms. The number of hydrogen-bond donors (Lipinski definition) is 2. The minimum Gasteiger partial charge on any atom is -0.464 e. The first-order chi connectivity index (χ1) is 12.9. The van der Waals surface area contributed by atoms with Crippen LogP contribution in [0.5, 0.6) is 0 Å². The number of carbonyl (C=O) groups excluding carboxylic acids is 2. The van der Waals surface area contributed by atoms with E-state index >= 15 is 0 Å². The summed E-state index contributed by atoms with van der Waals surface area (Å²) in [5, 5.41) is 12.0. The molecule has 0 spiro atoms. The highest BCUT2D eigenvalue weighted by molar-refractivity contribution is 5.96. The number of nitrogens with one attached hydrogen (secondary N) is 1. The second-order valence-electron chi connectivity index (χ2n) is 6.24. The lowest BCUT2D eigenvalue weighted by atomic mass is 10.2. The molecule has 0 bridgehead atoms. The first-order valence-corrected chi connectivity index (χ1v) is 8.41. The molecular formula is C19H23N5O3. The summed E-state index contributed by atoms with van der Waals surface area (Å²) in [6, 6.07) is 8.62. The van der Waals surface area contributed by atoms with Crippen molar-refractivity contribution < 1.29 is 14.3 Å². The predicted molar refractivity (Wildman–Crippen MR) is 102 cm³/mol. The molecule has 1 heterocycles. The van der Waals surface area contributed by atoms with Crippen molar-refractivity contribution in [1.82, 2.24) is 14.8 Å². The fourth-order valence-corrected chi connectivity index (χ4v) is 2.59. The van der Waals surface area contributed by atoms with E-state index in [0.29, 0.717) is 17.8 Å². The Morgan fingerprint density at radius 3 is 2.52 bits per heavy atom. The summed E-state index contributed by atoms with van der Waals surface area (Å²) in [7, 11) is 5.21. The van der Waals surface area contributed by atoms with Gasteiger partial charge >= 0.3 is 5.97 Å². The highest BCUT2D eigenvalue weighted by atomic mass is 16.5. The third-order valence-corrected chi connectivity index (χ3v) is 4.02. The largest absolute Gasteiger partial charge is 0.464 e. The number of methoxy groups -OCH3 is 1. The molecular weight excluding hydrogens is 346 g/mol. The highest BCUT2D eigenvalue weighted by Crippen LogP contribution is 2.24. The Labute approximate surface area is 158 Å². The van der Waals surface area contributed by atoms with Crippen LogP contribution in [-0.4, -0.2) is 55.6 Å². The maximum absolute atomic E-state index is 12.2. The van der Waals surface area contributed by atoms with Gasteiger partial charge in [0, 0.05) is 24.0 Å². The standard InChI is InChI=1S/C19H23N5O3/c1-23(2)10-4-9-22-18(25)13-5-7-15(8-6-13)24-12-14(11-20)16(21)17(24)19(26)27-3/h5-8,12H,4,9-10,21H2,1-3H3,(H,22,25). The first kappa shape index (κ1) is 20.0. The number of amides is 1. The molecule has 0 radical (unpaired) electrons. The van der Waals surface area contributed by atoms with Crippen LogP contribution in [0, 0.1) is 11.3 Å². The number of esters is 1. The fourth-order valence-electron chi connectivity index (χ4n) is 2.59. The molecule has 1 amide bonds. The number of ether oxygens (including phenoxy) is 1. The topological polar surface area (TPSA) is 113 Å². The third-order valence-electron chi connectivity index (χ3n) is 4.02. The normalized spacial score (nSPS) is 10.5. The van der Waals surface area contributed by atoms with Crippen molar-refractivity contribution in [1.29, 1.82) is 5.26 Å². The minimum atomic E-state index is -0.642. The van der Waals surface area contributed by atoms with Crippen molar-refractivity contribution in [2.45, 2.75) is 6.42 Å². The lowest BCUT2D eigenvalue weighted by molar-refractivity contribution is 0.0592. The van der Waals surface area contributed by atoms with E-state index in [2.05, 4.69) is 10.2 Å². The zero-order chi connectivity index (χ0) is 20.0. The van der Waals surface area contributed by atoms with E-state index in [0.717, 1.165) is 13.0 Å². The summed E-state index contributed by atoms with van der Waals surface area (Å²) in [6.45, 7) is 1.48. The molecule has 2 aromatic rings. The molecule has 0 unspecified atom stereocenters. The minimum absolute atomic E-state index is 0.0621. The quantitative estimate of drug-likeness (QED) is 0.563. The third kappa shape index (κ3) is 4.65. The first-order valence-electron chi connectivity index (χ1n) is 8.41. The van der Waals surface area contributed by atoms with Crippen molar-refractivity contribution in [2.24, 2.45) is 0 Å². The Hall–Kier alpha value is -3.31. The molecule has 0 aliphatic rings. The van der Waals surface area contributed by atoms with Gasteiger partial charge in [-0.25, -0.2) is 4.79 Å². The predicted octanol–water partition coefficient (Wildman–Crippen LogP) is 1.40. The van der Waals surface area contributed by atoms with Gasteiger partial charge in [0.05, 0.1) is 18.4 Å². The van der Waals surface area contributed by atoms with Gasteiger partial charge < -0.3 is 25.3 Å². The molecule has 3 N–H and O–H groups in total. The van der Waals surface area contributed by atoms with E-state index in [9.17, 15) is 9.59 Å². The van der Waals surface area contributed by atoms with Crippen molar-refractivity contribution in [3.05, 3.63) is 47.3 Å². The number of aromatic nitrogens is 1. The molecule has 8 nitrogen and oxygen atoms in total. The summed E-state index contributed by atoms with van der Waals surface area (Å²) in [6.07, 6.45) is 2.33. The Balaban J connectivity index is 2.19. The molecule has 1 aromatic carbocycles. The van der Waals surface area contributed by atoms with Crippen molar-refractivity contribution in [2.75, 3.05) is 40.0 Å². The van der Waals surface area contributed by atoms with Crippen LogP contribution in [-0.2, 0) is 4.74 Å². The molecule has 1 aromatic heterocycles. The van der Waals surface area contributed by atoms with Crippen molar-refractivity contribution in [3.63, 3.8) is 0 Å². The molecule has 2 rings (SSSR count). The Morgan fingerprint density at radius 2 is 1.96 bits per heavy atom. The number of rotatable bonds is 7. The number of nitriles is 1. The van der Waals surface area contributed by atoms with Crippen molar-refractivity contribution >= 4 is 17.6 Å². The number of nitrogen functional groups attached to an aromatic ring is 1. The maximum Gasteiger partial charge on any atom is 0.357 e. The summed E-state index contributed by atoms with van der Waals surface area (Å²) < 4.78 is 6.24.